The van der Waals surface area contributed by atoms with Crippen LogP contribution in [-0.2, 0) is 16.0 Å². The van der Waals surface area contributed by atoms with Gasteiger partial charge in [-0.15, -0.1) is 0 Å². The molecule has 5 nitrogen and oxygen atoms in total. The standard InChI is InChI=1S/C26H22INO4/c1-17-8-10-20(11-9-17)25-28-22(26(29)32-25)15-19-14-21(27)24(23(16-19)30-2)31-13-12-18-6-4-3-5-7-18/h3-11,14-16H,12-13H2,1-2H3/b22-15-. The molecule has 0 aliphatic carbocycles. The molecule has 0 atom stereocenters. The fourth-order valence-corrected chi connectivity index (χ4v) is 4.05. The molecule has 0 bridgehead atoms. The van der Waals surface area contributed by atoms with Crippen molar-refractivity contribution in [3.63, 3.8) is 0 Å². The molecule has 0 spiro atoms. The van der Waals surface area contributed by atoms with Crippen LogP contribution < -0.4 is 9.47 Å². The van der Waals surface area contributed by atoms with E-state index in [1.807, 2.05) is 61.5 Å². The topological polar surface area (TPSA) is 57.1 Å². The third-order valence-corrected chi connectivity index (χ3v) is 5.76. The molecule has 32 heavy (non-hydrogen) atoms. The van der Waals surface area contributed by atoms with Crippen LogP contribution in [0.3, 0.4) is 0 Å². The number of methoxy groups -OCH3 is 1. The van der Waals surface area contributed by atoms with Crippen LogP contribution in [0, 0.1) is 10.5 Å². The van der Waals surface area contributed by atoms with E-state index in [1.165, 1.54) is 5.56 Å². The summed E-state index contributed by atoms with van der Waals surface area (Å²) < 4.78 is 17.8. The molecule has 0 fully saturated rings. The third-order valence-electron chi connectivity index (χ3n) is 4.95. The van der Waals surface area contributed by atoms with Crippen LogP contribution in [0.5, 0.6) is 11.5 Å². The second-order valence-electron chi connectivity index (χ2n) is 7.32. The zero-order chi connectivity index (χ0) is 22.5. The van der Waals surface area contributed by atoms with E-state index in [1.54, 1.807) is 13.2 Å². The fourth-order valence-electron chi connectivity index (χ4n) is 3.27. The van der Waals surface area contributed by atoms with Crippen molar-refractivity contribution in [3.8, 4) is 11.5 Å². The number of benzene rings is 3. The van der Waals surface area contributed by atoms with E-state index in [-0.39, 0.29) is 5.70 Å². The molecule has 1 heterocycles. The average Bonchev–Trinajstić information content (AvgIpc) is 3.16. The normalized spacial score (nSPS) is 14.3. The molecule has 1 aliphatic rings. The number of carbonyl (C=O) groups excluding carboxylic acids is 1. The molecule has 3 aromatic rings. The van der Waals surface area contributed by atoms with Crippen molar-refractivity contribution in [1.82, 2.24) is 0 Å². The predicted octanol–water partition coefficient (Wildman–Crippen LogP) is 5.57. The maximum Gasteiger partial charge on any atom is 0.363 e. The maximum atomic E-state index is 12.3. The Hall–Kier alpha value is -3.13. The highest BCUT2D eigenvalue weighted by Crippen LogP contribution is 2.35. The second-order valence-corrected chi connectivity index (χ2v) is 8.48. The smallest absolute Gasteiger partial charge is 0.363 e. The highest BCUT2D eigenvalue weighted by molar-refractivity contribution is 14.1. The first-order valence-electron chi connectivity index (χ1n) is 10.2. The Bertz CT molecular complexity index is 1180. The number of aliphatic imine (C=N–C) groups is 1. The Morgan fingerprint density at radius 1 is 1.06 bits per heavy atom. The van der Waals surface area contributed by atoms with Gasteiger partial charge in [0.05, 0.1) is 17.3 Å². The zero-order valence-corrected chi connectivity index (χ0v) is 20.0. The van der Waals surface area contributed by atoms with Gasteiger partial charge in [-0.3, -0.25) is 0 Å². The molecular weight excluding hydrogens is 517 g/mol. The highest BCUT2D eigenvalue weighted by atomic mass is 127. The lowest BCUT2D eigenvalue weighted by molar-refractivity contribution is -0.129. The van der Waals surface area contributed by atoms with Crippen LogP contribution in [0.25, 0.3) is 6.08 Å². The highest BCUT2D eigenvalue weighted by Gasteiger charge is 2.24. The van der Waals surface area contributed by atoms with Crippen molar-refractivity contribution in [2.45, 2.75) is 13.3 Å². The van der Waals surface area contributed by atoms with E-state index < -0.39 is 5.97 Å². The summed E-state index contributed by atoms with van der Waals surface area (Å²) in [5, 5.41) is 0. The number of hydrogen-bond donors (Lipinski definition) is 0. The molecule has 0 aromatic heterocycles. The number of esters is 1. The van der Waals surface area contributed by atoms with Crippen LogP contribution in [0.2, 0.25) is 0 Å². The molecular formula is C26H22INO4. The summed E-state index contributed by atoms with van der Waals surface area (Å²) in [7, 11) is 1.60. The van der Waals surface area contributed by atoms with E-state index >= 15 is 0 Å². The zero-order valence-electron chi connectivity index (χ0n) is 17.8. The minimum atomic E-state index is -0.474. The van der Waals surface area contributed by atoms with E-state index in [9.17, 15) is 4.79 Å². The number of carbonyl (C=O) groups is 1. The molecule has 0 radical (unpaired) electrons. The molecule has 0 amide bonds. The number of nitrogens with zero attached hydrogens (tertiary/aromatic N) is 1. The summed E-state index contributed by atoms with van der Waals surface area (Å²) in [4.78, 5) is 16.7. The molecule has 3 aromatic carbocycles. The fraction of sp³-hybridized carbons (Fsp3) is 0.154. The SMILES string of the molecule is COc1cc(/C=C2\N=C(c3ccc(C)cc3)OC2=O)cc(I)c1OCCc1ccccc1. The number of aryl methyl sites for hydroxylation is 1. The van der Waals surface area contributed by atoms with Crippen molar-refractivity contribution in [3.05, 3.63) is 98.3 Å². The summed E-state index contributed by atoms with van der Waals surface area (Å²) >= 11 is 2.21. The summed E-state index contributed by atoms with van der Waals surface area (Å²) in [5.74, 6) is 1.12. The Morgan fingerprint density at radius 3 is 2.53 bits per heavy atom. The van der Waals surface area contributed by atoms with Crippen LogP contribution >= 0.6 is 22.6 Å². The molecule has 6 heteroatoms. The number of hydrogen-bond acceptors (Lipinski definition) is 5. The molecule has 162 valence electrons. The summed E-state index contributed by atoms with van der Waals surface area (Å²) in [6.45, 7) is 2.54. The minimum absolute atomic E-state index is 0.246. The molecule has 0 saturated heterocycles. The van der Waals surface area contributed by atoms with E-state index in [0.717, 1.165) is 26.7 Å². The maximum absolute atomic E-state index is 12.3. The number of cyclic esters (lactones) is 1. The van der Waals surface area contributed by atoms with Gasteiger partial charge in [0.25, 0.3) is 0 Å². The summed E-state index contributed by atoms with van der Waals surface area (Å²) in [5.41, 5.74) is 4.13. The van der Waals surface area contributed by atoms with Crippen LogP contribution in [-0.4, -0.2) is 25.6 Å². The van der Waals surface area contributed by atoms with Gasteiger partial charge in [0.15, 0.2) is 17.2 Å². The quantitative estimate of drug-likeness (QED) is 0.224. The van der Waals surface area contributed by atoms with Gasteiger partial charge in [0, 0.05) is 12.0 Å². The molecule has 0 saturated carbocycles. The van der Waals surface area contributed by atoms with Crippen LogP contribution in [0.4, 0.5) is 0 Å². The van der Waals surface area contributed by atoms with Crippen LogP contribution in [0.1, 0.15) is 22.3 Å². The number of halogens is 1. The third kappa shape index (κ3) is 5.19. The van der Waals surface area contributed by atoms with Crippen LogP contribution in [0.15, 0.2) is 77.4 Å². The lowest BCUT2D eigenvalue weighted by Gasteiger charge is -2.13. The summed E-state index contributed by atoms with van der Waals surface area (Å²) in [6.07, 6.45) is 2.50. The van der Waals surface area contributed by atoms with Crippen molar-refractivity contribution in [2.75, 3.05) is 13.7 Å². The second kappa shape index (κ2) is 9.99. The molecule has 1 aliphatic heterocycles. The van der Waals surface area contributed by atoms with E-state index in [0.29, 0.717) is 24.0 Å². The largest absolute Gasteiger partial charge is 0.493 e. The lowest BCUT2D eigenvalue weighted by atomic mass is 10.1. The monoisotopic (exact) mass is 539 g/mol. The summed E-state index contributed by atoms with van der Waals surface area (Å²) in [6, 6.07) is 21.6. The van der Waals surface area contributed by atoms with Gasteiger partial charge >= 0.3 is 5.97 Å². The van der Waals surface area contributed by atoms with Crippen molar-refractivity contribution < 1.29 is 19.0 Å². The molecule has 0 unspecified atom stereocenters. The van der Waals surface area contributed by atoms with Crippen molar-refractivity contribution in [1.29, 1.82) is 0 Å². The minimum Gasteiger partial charge on any atom is -0.493 e. The van der Waals surface area contributed by atoms with Gasteiger partial charge in [-0.05, 0) is 71.0 Å². The Kier molecular flexibility index (Phi) is 6.90. The Labute approximate surface area is 200 Å². The van der Waals surface area contributed by atoms with Gasteiger partial charge < -0.3 is 14.2 Å². The van der Waals surface area contributed by atoms with E-state index in [4.69, 9.17) is 14.2 Å². The van der Waals surface area contributed by atoms with Gasteiger partial charge in [-0.1, -0.05) is 48.0 Å². The molecule has 4 rings (SSSR count). The number of ether oxygens (including phenoxy) is 3. The Morgan fingerprint density at radius 2 is 1.81 bits per heavy atom. The predicted molar refractivity (Wildman–Crippen MR) is 133 cm³/mol. The number of rotatable bonds is 7. The van der Waals surface area contributed by atoms with Gasteiger partial charge in [-0.2, -0.15) is 0 Å². The van der Waals surface area contributed by atoms with Gasteiger partial charge in [0.1, 0.15) is 0 Å². The van der Waals surface area contributed by atoms with Gasteiger partial charge in [-0.25, -0.2) is 9.79 Å². The first-order chi connectivity index (χ1) is 15.5. The van der Waals surface area contributed by atoms with Crippen molar-refractivity contribution in [2.24, 2.45) is 4.99 Å². The van der Waals surface area contributed by atoms with Crippen molar-refractivity contribution >= 4 is 40.5 Å². The van der Waals surface area contributed by atoms with Gasteiger partial charge in [0.2, 0.25) is 5.90 Å². The first-order valence-corrected chi connectivity index (χ1v) is 11.3. The molecule has 0 N–H and O–H groups in total. The van der Waals surface area contributed by atoms with E-state index in [2.05, 4.69) is 39.7 Å². The first kappa shape index (κ1) is 22.1. The lowest BCUT2D eigenvalue weighted by Crippen LogP contribution is -2.05. The average molecular weight is 539 g/mol. The Balaban J connectivity index is 1.53.